The lowest BCUT2D eigenvalue weighted by molar-refractivity contribution is 0.0615. The maximum atomic E-state index is 11.0. The first-order valence-electron chi connectivity index (χ1n) is 5.26. The molecule has 94 valence electrons. The van der Waals surface area contributed by atoms with Gasteiger partial charge in [0.05, 0.1) is 6.26 Å². The van der Waals surface area contributed by atoms with Gasteiger partial charge in [-0.15, -0.1) is 0 Å². The lowest BCUT2D eigenvalue weighted by atomic mass is 9.91. The summed E-state index contributed by atoms with van der Waals surface area (Å²) in [6.07, 6.45) is 1.22. The van der Waals surface area contributed by atoms with Crippen LogP contribution in [0.4, 0.5) is 0 Å². The number of aromatic hydroxyl groups is 1. The first-order valence-corrected chi connectivity index (χ1v) is 5.26. The predicted octanol–water partition coefficient (Wildman–Crippen LogP) is 1.94. The van der Waals surface area contributed by atoms with Crippen LogP contribution in [0.2, 0.25) is 0 Å². The third kappa shape index (κ3) is 1.96. The standard InChI is InChI=1S/C13H12O5/c1-13(17,8-2-4-9(14)5-3-8)11-10(12(15)16)6-7-18-11/h2-7,14,17H,1H3,(H,15,16). The zero-order valence-electron chi connectivity index (χ0n) is 9.62. The maximum Gasteiger partial charge on any atom is 0.339 e. The monoisotopic (exact) mass is 248 g/mol. The Morgan fingerprint density at radius 2 is 1.83 bits per heavy atom. The van der Waals surface area contributed by atoms with Gasteiger partial charge in [-0.1, -0.05) is 12.1 Å². The highest BCUT2D eigenvalue weighted by Crippen LogP contribution is 2.32. The second-order valence-corrected chi connectivity index (χ2v) is 4.09. The maximum absolute atomic E-state index is 11.0. The molecule has 1 unspecified atom stereocenters. The van der Waals surface area contributed by atoms with Gasteiger partial charge in [0, 0.05) is 0 Å². The van der Waals surface area contributed by atoms with Crippen LogP contribution in [0.3, 0.4) is 0 Å². The smallest absolute Gasteiger partial charge is 0.339 e. The quantitative estimate of drug-likeness (QED) is 0.772. The number of furan rings is 1. The van der Waals surface area contributed by atoms with Gasteiger partial charge in [-0.25, -0.2) is 4.79 Å². The number of hydrogen-bond acceptors (Lipinski definition) is 4. The van der Waals surface area contributed by atoms with Crippen LogP contribution in [0.25, 0.3) is 0 Å². The Kier molecular flexibility index (Phi) is 2.84. The van der Waals surface area contributed by atoms with E-state index in [2.05, 4.69) is 0 Å². The van der Waals surface area contributed by atoms with E-state index in [0.29, 0.717) is 5.56 Å². The van der Waals surface area contributed by atoms with Gasteiger partial charge in [0.25, 0.3) is 0 Å². The number of phenols is 1. The molecule has 3 N–H and O–H groups in total. The van der Waals surface area contributed by atoms with Crippen molar-refractivity contribution < 1.29 is 24.5 Å². The van der Waals surface area contributed by atoms with E-state index in [4.69, 9.17) is 9.52 Å². The molecule has 5 nitrogen and oxygen atoms in total. The van der Waals surface area contributed by atoms with E-state index in [-0.39, 0.29) is 17.1 Å². The van der Waals surface area contributed by atoms with Crippen molar-refractivity contribution in [3.05, 3.63) is 53.5 Å². The largest absolute Gasteiger partial charge is 0.508 e. The zero-order valence-corrected chi connectivity index (χ0v) is 9.62. The van der Waals surface area contributed by atoms with Crippen molar-refractivity contribution in [2.75, 3.05) is 0 Å². The molecule has 1 atom stereocenters. The molecule has 0 fully saturated rings. The van der Waals surface area contributed by atoms with Crippen molar-refractivity contribution in [3.63, 3.8) is 0 Å². The van der Waals surface area contributed by atoms with E-state index in [9.17, 15) is 15.0 Å². The Labute approximate surface area is 103 Å². The first-order chi connectivity index (χ1) is 8.43. The molecular formula is C13H12O5. The minimum atomic E-state index is -1.58. The number of carboxylic acid groups (broad SMARTS) is 1. The molecule has 5 heteroatoms. The molecule has 0 aliphatic heterocycles. The number of aromatic carboxylic acids is 1. The van der Waals surface area contributed by atoms with Crippen LogP contribution in [0.5, 0.6) is 5.75 Å². The molecule has 0 aliphatic rings. The summed E-state index contributed by atoms with van der Waals surface area (Å²) >= 11 is 0. The lowest BCUT2D eigenvalue weighted by Crippen LogP contribution is -2.24. The highest BCUT2D eigenvalue weighted by atomic mass is 16.4. The van der Waals surface area contributed by atoms with Crippen LogP contribution in [0.1, 0.15) is 28.6 Å². The summed E-state index contributed by atoms with van der Waals surface area (Å²) in [5, 5.41) is 28.6. The van der Waals surface area contributed by atoms with Crippen molar-refractivity contribution in [1.29, 1.82) is 0 Å². The van der Waals surface area contributed by atoms with Gasteiger partial charge in [0.2, 0.25) is 0 Å². The average Bonchev–Trinajstić information content (AvgIpc) is 2.79. The van der Waals surface area contributed by atoms with E-state index in [0.717, 1.165) is 0 Å². The second kappa shape index (κ2) is 4.19. The van der Waals surface area contributed by atoms with Crippen molar-refractivity contribution >= 4 is 5.97 Å². The number of rotatable bonds is 3. The Bertz CT molecular complexity index is 565. The van der Waals surface area contributed by atoms with E-state index in [1.165, 1.54) is 43.5 Å². The van der Waals surface area contributed by atoms with Crippen LogP contribution in [0.15, 0.2) is 41.0 Å². The van der Waals surface area contributed by atoms with Crippen LogP contribution < -0.4 is 0 Å². The minimum Gasteiger partial charge on any atom is -0.508 e. The van der Waals surface area contributed by atoms with Gasteiger partial charge in [-0.3, -0.25) is 0 Å². The highest BCUT2D eigenvalue weighted by molar-refractivity contribution is 5.89. The van der Waals surface area contributed by atoms with E-state index >= 15 is 0 Å². The Morgan fingerprint density at radius 3 is 2.39 bits per heavy atom. The van der Waals surface area contributed by atoms with Crippen molar-refractivity contribution in [1.82, 2.24) is 0 Å². The molecule has 2 rings (SSSR count). The van der Waals surface area contributed by atoms with Gasteiger partial charge in [-0.05, 0) is 30.7 Å². The summed E-state index contributed by atoms with van der Waals surface area (Å²) in [5.41, 5.74) is -1.24. The number of aliphatic hydroxyl groups is 1. The lowest BCUT2D eigenvalue weighted by Gasteiger charge is -2.22. The summed E-state index contributed by atoms with van der Waals surface area (Å²) in [6, 6.07) is 7.11. The Hall–Kier alpha value is -2.27. The normalized spacial score (nSPS) is 14.1. The van der Waals surface area contributed by atoms with Crippen molar-refractivity contribution in [2.45, 2.75) is 12.5 Å². The predicted molar refractivity (Wildman–Crippen MR) is 62.4 cm³/mol. The number of phenolic OH excluding ortho intramolecular Hbond substituents is 1. The molecular weight excluding hydrogens is 236 g/mol. The molecule has 2 aromatic rings. The molecule has 0 saturated carbocycles. The van der Waals surface area contributed by atoms with Crippen LogP contribution in [-0.2, 0) is 5.60 Å². The summed E-state index contributed by atoms with van der Waals surface area (Å²) in [5.74, 6) is -1.15. The number of hydrogen-bond donors (Lipinski definition) is 3. The number of carbonyl (C=O) groups is 1. The van der Waals surface area contributed by atoms with Crippen LogP contribution in [-0.4, -0.2) is 21.3 Å². The fourth-order valence-electron chi connectivity index (χ4n) is 1.77. The fourth-order valence-corrected chi connectivity index (χ4v) is 1.77. The van der Waals surface area contributed by atoms with E-state index in [1.807, 2.05) is 0 Å². The molecule has 1 aromatic carbocycles. The molecule has 0 saturated heterocycles. The minimum absolute atomic E-state index is 0.0410. The van der Waals surface area contributed by atoms with Gasteiger partial charge < -0.3 is 19.7 Å². The third-order valence-corrected chi connectivity index (χ3v) is 2.77. The number of carboxylic acids is 1. The topological polar surface area (TPSA) is 90.9 Å². The van der Waals surface area contributed by atoms with Crippen molar-refractivity contribution in [2.24, 2.45) is 0 Å². The molecule has 0 amide bonds. The molecule has 0 spiro atoms. The van der Waals surface area contributed by atoms with Gasteiger partial charge >= 0.3 is 5.97 Å². The van der Waals surface area contributed by atoms with Crippen LogP contribution in [0, 0.1) is 0 Å². The highest BCUT2D eigenvalue weighted by Gasteiger charge is 2.33. The summed E-state index contributed by atoms with van der Waals surface area (Å²) in [4.78, 5) is 11.0. The Balaban J connectivity index is 2.50. The van der Waals surface area contributed by atoms with E-state index in [1.54, 1.807) is 0 Å². The van der Waals surface area contributed by atoms with Crippen molar-refractivity contribution in [3.8, 4) is 5.75 Å². The Morgan fingerprint density at radius 1 is 1.22 bits per heavy atom. The summed E-state index contributed by atoms with van der Waals surface area (Å²) in [7, 11) is 0. The second-order valence-electron chi connectivity index (χ2n) is 4.09. The molecule has 1 aromatic heterocycles. The SMILES string of the molecule is CC(O)(c1ccc(O)cc1)c1occc1C(=O)O. The average molecular weight is 248 g/mol. The molecule has 1 heterocycles. The summed E-state index contributed by atoms with van der Waals surface area (Å²) < 4.78 is 5.08. The molecule has 0 radical (unpaired) electrons. The number of benzene rings is 1. The first kappa shape index (κ1) is 12.2. The third-order valence-electron chi connectivity index (χ3n) is 2.77. The van der Waals surface area contributed by atoms with E-state index < -0.39 is 11.6 Å². The summed E-state index contributed by atoms with van der Waals surface area (Å²) in [6.45, 7) is 1.44. The van der Waals surface area contributed by atoms with Gasteiger partial charge in [-0.2, -0.15) is 0 Å². The molecule has 18 heavy (non-hydrogen) atoms. The zero-order chi connectivity index (χ0) is 13.3. The molecule has 0 bridgehead atoms. The van der Waals surface area contributed by atoms with Crippen LogP contribution >= 0.6 is 0 Å². The van der Waals surface area contributed by atoms with Gasteiger partial charge in [0.1, 0.15) is 16.9 Å². The van der Waals surface area contributed by atoms with Gasteiger partial charge in [0.15, 0.2) is 5.76 Å². The fraction of sp³-hybridized carbons (Fsp3) is 0.154. The molecule has 0 aliphatic carbocycles.